The van der Waals surface area contributed by atoms with Crippen molar-refractivity contribution in [3.63, 3.8) is 0 Å². The molecule has 1 aliphatic carbocycles. The van der Waals surface area contributed by atoms with Gasteiger partial charge in [0.15, 0.2) is 5.96 Å². The van der Waals surface area contributed by atoms with E-state index in [9.17, 15) is 5.11 Å². The van der Waals surface area contributed by atoms with Crippen LogP contribution in [-0.2, 0) is 19.4 Å². The minimum absolute atomic E-state index is 0.179. The summed E-state index contributed by atoms with van der Waals surface area (Å²) in [4.78, 5) is 4.67. The number of aromatic nitrogens is 1. The number of hydrogen-bond acceptors (Lipinski definition) is 4. The molecule has 0 aromatic carbocycles. The molecule has 1 aromatic rings. The van der Waals surface area contributed by atoms with Crippen LogP contribution in [0, 0.1) is 5.92 Å². The zero-order valence-corrected chi connectivity index (χ0v) is 14.6. The smallest absolute Gasteiger partial charge is 0.191 e. The molecule has 1 fully saturated rings. The van der Waals surface area contributed by atoms with E-state index in [1.807, 2.05) is 0 Å². The number of aliphatic hydroxyl groups is 1. The van der Waals surface area contributed by atoms with E-state index < -0.39 is 0 Å². The maximum Gasteiger partial charge on any atom is 0.191 e. The summed E-state index contributed by atoms with van der Waals surface area (Å²) in [5.41, 5.74) is 2.10. The van der Waals surface area contributed by atoms with E-state index >= 15 is 0 Å². The molecule has 0 spiro atoms. The van der Waals surface area contributed by atoms with Crippen molar-refractivity contribution < 1.29 is 9.63 Å². The van der Waals surface area contributed by atoms with Gasteiger partial charge in [-0.15, -0.1) is 0 Å². The highest BCUT2D eigenvalue weighted by molar-refractivity contribution is 5.79. The van der Waals surface area contributed by atoms with E-state index in [0.717, 1.165) is 68.2 Å². The third kappa shape index (κ3) is 4.70. The lowest BCUT2D eigenvalue weighted by Gasteiger charge is -2.17. The molecule has 2 rings (SSSR count). The monoisotopic (exact) mass is 322 g/mol. The summed E-state index contributed by atoms with van der Waals surface area (Å²) < 4.78 is 5.39. The molecule has 0 amide bonds. The number of nitrogens with zero attached hydrogens (tertiary/aromatic N) is 2. The molecule has 130 valence electrons. The predicted octanol–water partition coefficient (Wildman–Crippen LogP) is 2.02. The Morgan fingerprint density at radius 1 is 1.26 bits per heavy atom. The van der Waals surface area contributed by atoms with Crippen molar-refractivity contribution in [1.29, 1.82) is 0 Å². The van der Waals surface area contributed by atoms with Gasteiger partial charge in [0.05, 0.1) is 18.3 Å². The summed E-state index contributed by atoms with van der Waals surface area (Å²) in [7, 11) is 0. The quantitative estimate of drug-likeness (QED) is 0.528. The van der Waals surface area contributed by atoms with Crippen molar-refractivity contribution in [2.75, 3.05) is 13.1 Å². The second-order valence-corrected chi connectivity index (χ2v) is 6.07. The third-order valence-corrected chi connectivity index (χ3v) is 4.50. The molecule has 1 aromatic heterocycles. The van der Waals surface area contributed by atoms with Gasteiger partial charge >= 0.3 is 0 Å². The normalized spacial score (nSPS) is 21.7. The van der Waals surface area contributed by atoms with E-state index in [2.05, 4.69) is 41.6 Å². The van der Waals surface area contributed by atoms with Gasteiger partial charge in [-0.25, -0.2) is 4.99 Å². The minimum atomic E-state index is -0.179. The number of aliphatic hydroxyl groups excluding tert-OH is 1. The SMILES string of the molecule is CCNC(=NCc1c(CC)noc1CC)NCC1CCCC1O. The first-order valence-electron chi connectivity index (χ1n) is 8.86. The average Bonchev–Trinajstić information content (AvgIpc) is 3.15. The third-order valence-electron chi connectivity index (χ3n) is 4.50. The topological polar surface area (TPSA) is 82.7 Å². The van der Waals surface area contributed by atoms with Gasteiger partial charge in [-0.2, -0.15) is 0 Å². The summed E-state index contributed by atoms with van der Waals surface area (Å²) in [5.74, 6) is 2.04. The van der Waals surface area contributed by atoms with Crippen molar-refractivity contribution in [2.45, 2.75) is 65.5 Å². The molecule has 23 heavy (non-hydrogen) atoms. The van der Waals surface area contributed by atoms with Crippen molar-refractivity contribution in [3.05, 3.63) is 17.0 Å². The second-order valence-electron chi connectivity index (χ2n) is 6.07. The van der Waals surface area contributed by atoms with Crippen LogP contribution in [-0.4, -0.2) is 35.4 Å². The van der Waals surface area contributed by atoms with Crippen LogP contribution in [0.3, 0.4) is 0 Å². The van der Waals surface area contributed by atoms with Gasteiger partial charge in [0.2, 0.25) is 0 Å². The molecule has 1 saturated carbocycles. The fourth-order valence-electron chi connectivity index (χ4n) is 3.10. The summed E-state index contributed by atoms with van der Waals surface area (Å²) in [6, 6.07) is 0. The Balaban J connectivity index is 1.99. The molecule has 2 atom stereocenters. The largest absolute Gasteiger partial charge is 0.393 e. The van der Waals surface area contributed by atoms with Crippen LogP contribution in [0.2, 0.25) is 0 Å². The van der Waals surface area contributed by atoms with E-state index in [4.69, 9.17) is 4.52 Å². The lowest BCUT2D eigenvalue weighted by atomic mass is 10.1. The first-order chi connectivity index (χ1) is 11.2. The van der Waals surface area contributed by atoms with Crippen LogP contribution >= 0.6 is 0 Å². The van der Waals surface area contributed by atoms with Crippen LogP contribution < -0.4 is 10.6 Å². The maximum absolute atomic E-state index is 9.93. The van der Waals surface area contributed by atoms with Crippen LogP contribution in [0.15, 0.2) is 9.52 Å². The standard InChI is InChI=1S/C17H30N4O2/c1-4-14-13(16(5-2)23-21-14)11-20-17(18-6-3)19-10-12-8-7-9-15(12)22/h12,15,22H,4-11H2,1-3H3,(H2,18,19,20). The van der Waals surface area contributed by atoms with Gasteiger partial charge in [-0.05, 0) is 26.2 Å². The average molecular weight is 322 g/mol. The number of guanidine groups is 1. The molecule has 3 N–H and O–H groups in total. The van der Waals surface area contributed by atoms with E-state index in [-0.39, 0.29) is 6.10 Å². The summed E-state index contributed by atoms with van der Waals surface area (Å²) >= 11 is 0. The highest BCUT2D eigenvalue weighted by Gasteiger charge is 2.25. The molecular formula is C17H30N4O2. The van der Waals surface area contributed by atoms with Gasteiger partial charge in [0, 0.05) is 31.0 Å². The molecule has 2 unspecified atom stereocenters. The summed E-state index contributed by atoms with van der Waals surface area (Å²) in [6.45, 7) is 8.34. The Morgan fingerprint density at radius 2 is 2.09 bits per heavy atom. The lowest BCUT2D eigenvalue weighted by Crippen LogP contribution is -2.41. The second kappa shape index (κ2) is 8.91. The fourth-order valence-corrected chi connectivity index (χ4v) is 3.10. The van der Waals surface area contributed by atoms with Gasteiger partial charge in [-0.3, -0.25) is 0 Å². The zero-order valence-electron chi connectivity index (χ0n) is 14.6. The molecule has 6 heteroatoms. The first kappa shape index (κ1) is 17.8. The van der Waals surface area contributed by atoms with Crippen LogP contribution in [0.1, 0.15) is 57.1 Å². The molecule has 0 radical (unpaired) electrons. The van der Waals surface area contributed by atoms with Crippen LogP contribution in [0.4, 0.5) is 0 Å². The Morgan fingerprint density at radius 3 is 2.70 bits per heavy atom. The first-order valence-corrected chi connectivity index (χ1v) is 8.86. The number of aryl methyl sites for hydroxylation is 2. The van der Waals surface area contributed by atoms with Gasteiger partial charge in [0.25, 0.3) is 0 Å². The molecule has 1 heterocycles. The maximum atomic E-state index is 9.93. The Kier molecular flexibility index (Phi) is 6.89. The van der Waals surface area contributed by atoms with Crippen LogP contribution in [0.25, 0.3) is 0 Å². The lowest BCUT2D eigenvalue weighted by molar-refractivity contribution is 0.134. The minimum Gasteiger partial charge on any atom is -0.393 e. The van der Waals surface area contributed by atoms with Gasteiger partial charge < -0.3 is 20.3 Å². The number of hydrogen-bond donors (Lipinski definition) is 3. The molecular weight excluding hydrogens is 292 g/mol. The Labute approximate surface area is 138 Å². The van der Waals surface area contributed by atoms with Gasteiger partial charge in [-0.1, -0.05) is 25.4 Å². The molecule has 0 bridgehead atoms. The summed E-state index contributed by atoms with van der Waals surface area (Å²) in [5, 5.41) is 20.7. The zero-order chi connectivity index (χ0) is 16.7. The van der Waals surface area contributed by atoms with Crippen LogP contribution in [0.5, 0.6) is 0 Å². The summed E-state index contributed by atoms with van der Waals surface area (Å²) in [6.07, 6.45) is 4.62. The predicted molar refractivity (Wildman–Crippen MR) is 91.4 cm³/mol. The number of rotatable bonds is 7. The fraction of sp³-hybridized carbons (Fsp3) is 0.765. The Hall–Kier alpha value is -1.56. The van der Waals surface area contributed by atoms with Crippen molar-refractivity contribution in [2.24, 2.45) is 10.9 Å². The number of nitrogens with one attached hydrogen (secondary N) is 2. The van der Waals surface area contributed by atoms with E-state index in [1.54, 1.807) is 0 Å². The molecule has 0 aliphatic heterocycles. The Bertz CT molecular complexity index is 491. The molecule has 6 nitrogen and oxygen atoms in total. The van der Waals surface area contributed by atoms with Crippen molar-refractivity contribution >= 4 is 5.96 Å². The molecule has 0 saturated heterocycles. The molecule has 1 aliphatic rings. The van der Waals surface area contributed by atoms with Crippen molar-refractivity contribution in [3.8, 4) is 0 Å². The van der Waals surface area contributed by atoms with E-state index in [0.29, 0.717) is 12.5 Å². The van der Waals surface area contributed by atoms with E-state index in [1.165, 1.54) is 0 Å². The number of aliphatic imine (C=N–C) groups is 1. The van der Waals surface area contributed by atoms with Gasteiger partial charge in [0.1, 0.15) is 5.76 Å². The highest BCUT2D eigenvalue weighted by Crippen LogP contribution is 2.24. The van der Waals surface area contributed by atoms with Crippen molar-refractivity contribution in [1.82, 2.24) is 15.8 Å². The highest BCUT2D eigenvalue weighted by atomic mass is 16.5.